The molecule has 0 saturated carbocycles. The summed E-state index contributed by atoms with van der Waals surface area (Å²) in [6.07, 6.45) is 0.814. The molecule has 0 fully saturated rings. The van der Waals surface area contributed by atoms with Crippen LogP contribution in [0.1, 0.15) is 35.7 Å². The third-order valence-corrected chi connectivity index (χ3v) is 4.32. The summed E-state index contributed by atoms with van der Waals surface area (Å²) in [7, 11) is 0. The van der Waals surface area contributed by atoms with Crippen molar-refractivity contribution in [3.8, 4) is 5.69 Å². The van der Waals surface area contributed by atoms with Crippen LogP contribution in [0.2, 0.25) is 0 Å². The normalized spacial score (nSPS) is 12.3. The predicted molar refractivity (Wildman–Crippen MR) is 125 cm³/mol. The van der Waals surface area contributed by atoms with E-state index in [-0.39, 0.29) is 24.0 Å². The Bertz CT molecular complexity index is 921. The second-order valence-corrected chi connectivity index (χ2v) is 6.57. The number of aryl methyl sites for hydroxylation is 2. The van der Waals surface area contributed by atoms with Crippen LogP contribution in [0.3, 0.4) is 0 Å². The van der Waals surface area contributed by atoms with E-state index in [0.717, 1.165) is 29.2 Å². The number of hydrogen-bond acceptors (Lipinski definition) is 4. The highest BCUT2D eigenvalue weighted by atomic mass is 127. The van der Waals surface area contributed by atoms with E-state index in [2.05, 4.69) is 32.9 Å². The molecule has 29 heavy (non-hydrogen) atoms. The van der Waals surface area contributed by atoms with Crippen LogP contribution in [0, 0.1) is 13.8 Å². The van der Waals surface area contributed by atoms with Crippen LogP contribution in [0.15, 0.2) is 58.1 Å². The van der Waals surface area contributed by atoms with Gasteiger partial charge in [0.05, 0.1) is 30.7 Å². The first-order chi connectivity index (χ1) is 13.6. The van der Waals surface area contributed by atoms with E-state index in [0.29, 0.717) is 24.8 Å². The van der Waals surface area contributed by atoms with Crippen LogP contribution < -0.4 is 10.6 Å². The largest absolute Gasteiger partial charge is 0.467 e. The summed E-state index contributed by atoms with van der Waals surface area (Å²) < 4.78 is 7.18. The van der Waals surface area contributed by atoms with E-state index in [9.17, 15) is 5.11 Å². The lowest BCUT2D eigenvalue weighted by atomic mass is 10.2. The Balaban J connectivity index is 0.00000300. The second-order valence-electron chi connectivity index (χ2n) is 6.57. The Morgan fingerprint density at radius 3 is 2.66 bits per heavy atom. The van der Waals surface area contributed by atoms with Gasteiger partial charge in [-0.3, -0.25) is 0 Å². The zero-order chi connectivity index (χ0) is 19.9. The summed E-state index contributed by atoms with van der Waals surface area (Å²) in [5.41, 5.74) is 4.15. The molecule has 0 aliphatic heterocycles. The number of para-hydroxylation sites is 1. The van der Waals surface area contributed by atoms with Crippen LogP contribution in [-0.4, -0.2) is 33.9 Å². The standard InChI is InChI=1S/C21H27N5O2.HI/c1-4-22-21(24-14-19(27)20-10-7-11-28-20)23-13-17-8-5-6-9-18(17)26-16(3)12-15(2)25-26;/h5-12,19,27H,4,13-14H2,1-3H3,(H2,22,23,24);1H. The van der Waals surface area contributed by atoms with Gasteiger partial charge in [0.2, 0.25) is 0 Å². The van der Waals surface area contributed by atoms with Crippen molar-refractivity contribution in [2.75, 3.05) is 13.1 Å². The number of benzene rings is 1. The van der Waals surface area contributed by atoms with Crippen LogP contribution in [0.5, 0.6) is 0 Å². The number of aliphatic hydroxyl groups excluding tert-OH is 1. The molecule has 7 nitrogen and oxygen atoms in total. The molecule has 2 heterocycles. The Morgan fingerprint density at radius 2 is 2.00 bits per heavy atom. The molecule has 3 aromatic rings. The summed E-state index contributed by atoms with van der Waals surface area (Å²) in [5.74, 6) is 1.16. The minimum Gasteiger partial charge on any atom is -0.467 e. The van der Waals surface area contributed by atoms with Crippen molar-refractivity contribution in [2.24, 2.45) is 4.99 Å². The number of furan rings is 1. The molecule has 0 aliphatic rings. The lowest BCUT2D eigenvalue weighted by Gasteiger charge is -2.15. The monoisotopic (exact) mass is 509 g/mol. The van der Waals surface area contributed by atoms with Crippen LogP contribution in [-0.2, 0) is 6.54 Å². The number of hydrogen-bond donors (Lipinski definition) is 3. The molecule has 0 radical (unpaired) electrons. The molecule has 1 unspecified atom stereocenters. The summed E-state index contributed by atoms with van der Waals surface area (Å²) >= 11 is 0. The smallest absolute Gasteiger partial charge is 0.191 e. The average molecular weight is 509 g/mol. The highest BCUT2D eigenvalue weighted by Gasteiger charge is 2.12. The lowest BCUT2D eigenvalue weighted by Crippen LogP contribution is -2.39. The summed E-state index contributed by atoms with van der Waals surface area (Å²) in [4.78, 5) is 4.67. The fourth-order valence-electron chi connectivity index (χ4n) is 3.00. The van der Waals surface area contributed by atoms with E-state index in [1.807, 2.05) is 43.7 Å². The third kappa shape index (κ3) is 6.07. The van der Waals surface area contributed by atoms with Crippen LogP contribution in [0.4, 0.5) is 0 Å². The fourth-order valence-corrected chi connectivity index (χ4v) is 3.00. The molecule has 0 amide bonds. The van der Waals surface area contributed by atoms with E-state index >= 15 is 0 Å². The highest BCUT2D eigenvalue weighted by Crippen LogP contribution is 2.18. The van der Waals surface area contributed by atoms with Gasteiger partial charge in [0.25, 0.3) is 0 Å². The van der Waals surface area contributed by atoms with Gasteiger partial charge >= 0.3 is 0 Å². The number of aliphatic imine (C=N–C) groups is 1. The Morgan fingerprint density at radius 1 is 1.21 bits per heavy atom. The van der Waals surface area contributed by atoms with Crippen molar-refractivity contribution in [2.45, 2.75) is 33.4 Å². The van der Waals surface area contributed by atoms with Gasteiger partial charge in [-0.2, -0.15) is 5.10 Å². The number of rotatable bonds is 7. The van der Waals surface area contributed by atoms with Crippen molar-refractivity contribution in [1.29, 1.82) is 0 Å². The molecule has 156 valence electrons. The van der Waals surface area contributed by atoms with Gasteiger partial charge in [-0.1, -0.05) is 18.2 Å². The zero-order valence-corrected chi connectivity index (χ0v) is 19.3. The molecular weight excluding hydrogens is 481 g/mol. The Kier molecular flexibility index (Phi) is 8.71. The fraction of sp³-hybridized carbons (Fsp3) is 0.333. The molecule has 0 aliphatic carbocycles. The van der Waals surface area contributed by atoms with Gasteiger partial charge in [0, 0.05) is 12.2 Å². The predicted octanol–water partition coefficient (Wildman–Crippen LogP) is 3.49. The minimum absolute atomic E-state index is 0. The number of aliphatic hydroxyl groups is 1. The molecule has 8 heteroatoms. The molecule has 0 saturated heterocycles. The maximum Gasteiger partial charge on any atom is 0.191 e. The quantitative estimate of drug-likeness (QED) is 0.258. The van der Waals surface area contributed by atoms with Crippen LogP contribution >= 0.6 is 24.0 Å². The number of halogens is 1. The number of guanidine groups is 1. The zero-order valence-electron chi connectivity index (χ0n) is 16.9. The SMILES string of the molecule is CCNC(=NCc1ccccc1-n1nc(C)cc1C)NCC(O)c1ccco1.I. The first kappa shape index (κ1) is 23.0. The molecule has 1 atom stereocenters. The van der Waals surface area contributed by atoms with Gasteiger partial charge in [-0.15, -0.1) is 24.0 Å². The molecule has 3 rings (SSSR count). The average Bonchev–Trinajstić information content (AvgIpc) is 3.33. The number of nitrogens with zero attached hydrogens (tertiary/aromatic N) is 3. The molecule has 0 bridgehead atoms. The van der Waals surface area contributed by atoms with Crippen molar-refractivity contribution in [1.82, 2.24) is 20.4 Å². The van der Waals surface area contributed by atoms with E-state index in [4.69, 9.17) is 4.42 Å². The summed E-state index contributed by atoms with van der Waals surface area (Å²) in [5, 5.41) is 21.1. The van der Waals surface area contributed by atoms with Gasteiger partial charge in [0.1, 0.15) is 11.9 Å². The minimum atomic E-state index is -0.735. The topological polar surface area (TPSA) is 87.6 Å². The number of nitrogens with one attached hydrogen (secondary N) is 2. The van der Waals surface area contributed by atoms with Crippen molar-refractivity contribution < 1.29 is 9.52 Å². The van der Waals surface area contributed by atoms with Crippen LogP contribution in [0.25, 0.3) is 5.69 Å². The molecular formula is C21H28IN5O2. The van der Waals surface area contributed by atoms with Gasteiger partial charge in [0.15, 0.2) is 5.96 Å². The van der Waals surface area contributed by atoms with Crippen molar-refractivity contribution in [3.05, 3.63) is 71.4 Å². The molecule has 0 spiro atoms. The van der Waals surface area contributed by atoms with Gasteiger partial charge in [-0.25, -0.2) is 9.67 Å². The Hall–Kier alpha value is -2.33. The van der Waals surface area contributed by atoms with E-state index < -0.39 is 6.10 Å². The first-order valence-electron chi connectivity index (χ1n) is 9.43. The van der Waals surface area contributed by atoms with Gasteiger partial charge in [-0.05, 0) is 50.6 Å². The molecule has 1 aromatic carbocycles. The van der Waals surface area contributed by atoms with Crippen molar-refractivity contribution >= 4 is 29.9 Å². The molecule has 2 aromatic heterocycles. The second kappa shape index (κ2) is 11.0. The number of aromatic nitrogens is 2. The summed E-state index contributed by atoms with van der Waals surface area (Å²) in [6, 6.07) is 13.7. The maximum absolute atomic E-state index is 10.2. The Labute approximate surface area is 188 Å². The van der Waals surface area contributed by atoms with E-state index in [1.165, 1.54) is 0 Å². The first-order valence-corrected chi connectivity index (χ1v) is 9.43. The highest BCUT2D eigenvalue weighted by molar-refractivity contribution is 14.0. The maximum atomic E-state index is 10.2. The third-order valence-electron chi connectivity index (χ3n) is 4.32. The summed E-state index contributed by atoms with van der Waals surface area (Å²) in [6.45, 7) is 7.55. The van der Waals surface area contributed by atoms with Crippen molar-refractivity contribution in [3.63, 3.8) is 0 Å². The lowest BCUT2D eigenvalue weighted by molar-refractivity contribution is 0.153. The van der Waals surface area contributed by atoms with E-state index in [1.54, 1.807) is 18.4 Å². The molecule has 3 N–H and O–H groups in total. The van der Waals surface area contributed by atoms with Gasteiger partial charge < -0.3 is 20.2 Å².